The van der Waals surface area contributed by atoms with Crippen LogP contribution >= 0.6 is 0 Å². The van der Waals surface area contributed by atoms with Crippen molar-refractivity contribution in [3.05, 3.63) is 77.7 Å². The summed E-state index contributed by atoms with van der Waals surface area (Å²) in [6.07, 6.45) is 8.67. The van der Waals surface area contributed by atoms with Crippen LogP contribution in [0.15, 0.2) is 66.6 Å². The third-order valence-corrected chi connectivity index (χ3v) is 4.89. The van der Waals surface area contributed by atoms with Gasteiger partial charge in [0, 0.05) is 41.7 Å². The molecule has 0 radical (unpaired) electrons. The van der Waals surface area contributed by atoms with Crippen molar-refractivity contribution in [1.29, 1.82) is 0 Å². The minimum atomic E-state index is -3.49. The quantitative estimate of drug-likeness (QED) is 0.696. The van der Waals surface area contributed by atoms with Gasteiger partial charge in [0.2, 0.25) is 10.0 Å². The summed E-state index contributed by atoms with van der Waals surface area (Å²) in [5, 5.41) is 5.43. The molecule has 3 aromatic rings. The highest BCUT2D eigenvalue weighted by atomic mass is 32.2. The lowest BCUT2D eigenvalue weighted by Crippen LogP contribution is -2.25. The highest BCUT2D eigenvalue weighted by Crippen LogP contribution is 2.16. The Balaban J connectivity index is 1.54. The molecule has 0 saturated heterocycles. The molecule has 26 heavy (non-hydrogen) atoms. The molecule has 134 valence electrons. The van der Waals surface area contributed by atoms with Crippen LogP contribution in [0.1, 0.15) is 11.1 Å². The first-order chi connectivity index (χ1) is 12.5. The Morgan fingerprint density at radius 1 is 1.12 bits per heavy atom. The van der Waals surface area contributed by atoms with E-state index >= 15 is 0 Å². The van der Waals surface area contributed by atoms with Crippen molar-refractivity contribution in [2.45, 2.75) is 13.5 Å². The molecule has 0 bridgehead atoms. The van der Waals surface area contributed by atoms with Crippen LogP contribution < -0.4 is 4.72 Å². The van der Waals surface area contributed by atoms with Gasteiger partial charge in [0.1, 0.15) is 0 Å². The molecule has 2 aromatic heterocycles. The van der Waals surface area contributed by atoms with Crippen molar-refractivity contribution in [1.82, 2.24) is 19.5 Å². The first-order valence-electron chi connectivity index (χ1n) is 8.19. The highest BCUT2D eigenvalue weighted by Gasteiger charge is 2.06. The molecule has 0 aliphatic rings. The van der Waals surface area contributed by atoms with Crippen molar-refractivity contribution < 1.29 is 8.42 Å². The first kappa shape index (κ1) is 18.0. The molecule has 3 rings (SSSR count). The van der Waals surface area contributed by atoms with Gasteiger partial charge >= 0.3 is 0 Å². The monoisotopic (exact) mass is 368 g/mol. The first-order valence-corrected chi connectivity index (χ1v) is 9.74. The maximum absolute atomic E-state index is 12.1. The van der Waals surface area contributed by atoms with Crippen molar-refractivity contribution in [2.24, 2.45) is 0 Å². The van der Waals surface area contributed by atoms with Crippen molar-refractivity contribution in [3.63, 3.8) is 0 Å². The van der Waals surface area contributed by atoms with E-state index in [9.17, 15) is 8.42 Å². The van der Waals surface area contributed by atoms with E-state index in [1.54, 1.807) is 29.3 Å². The van der Waals surface area contributed by atoms with Crippen LogP contribution in [0.3, 0.4) is 0 Å². The second-order valence-electron chi connectivity index (χ2n) is 5.89. The van der Waals surface area contributed by atoms with Gasteiger partial charge in [0.25, 0.3) is 0 Å². The van der Waals surface area contributed by atoms with Gasteiger partial charge < -0.3 is 0 Å². The normalized spacial score (nSPS) is 11.9. The Hall–Kier alpha value is -2.77. The molecular weight excluding hydrogens is 348 g/mol. The fourth-order valence-corrected chi connectivity index (χ4v) is 3.17. The van der Waals surface area contributed by atoms with Gasteiger partial charge in [-0.05, 0) is 24.6 Å². The SMILES string of the molecule is Cc1ccc(/C=C/S(=O)(=O)NCCn2cc(-c3cccnc3)cn2)cc1. The van der Waals surface area contributed by atoms with Gasteiger partial charge in [-0.2, -0.15) is 5.10 Å². The second kappa shape index (κ2) is 8.07. The Morgan fingerprint density at radius 3 is 2.65 bits per heavy atom. The number of sulfonamides is 1. The Bertz CT molecular complexity index is 978. The molecule has 0 aliphatic carbocycles. The Labute approximate surface area is 153 Å². The fraction of sp³-hybridized carbons (Fsp3) is 0.158. The van der Waals surface area contributed by atoms with Crippen molar-refractivity contribution >= 4 is 16.1 Å². The maximum Gasteiger partial charge on any atom is 0.233 e. The van der Waals surface area contributed by atoms with Gasteiger partial charge in [-0.25, -0.2) is 13.1 Å². The largest absolute Gasteiger partial charge is 0.271 e. The van der Waals surface area contributed by atoms with E-state index in [0.29, 0.717) is 6.54 Å². The molecule has 6 nitrogen and oxygen atoms in total. The van der Waals surface area contributed by atoms with E-state index < -0.39 is 10.0 Å². The average molecular weight is 368 g/mol. The Morgan fingerprint density at radius 2 is 1.92 bits per heavy atom. The molecule has 0 fully saturated rings. The standard InChI is InChI=1S/C19H20N4O2S/c1-16-4-6-17(7-5-16)8-12-26(24,25)22-10-11-23-15-19(14-21-23)18-3-2-9-20-13-18/h2-9,12-15,22H,10-11H2,1H3/b12-8+. The number of hydrogen-bond acceptors (Lipinski definition) is 4. The van der Waals surface area contributed by atoms with E-state index in [4.69, 9.17) is 0 Å². The summed E-state index contributed by atoms with van der Waals surface area (Å²) in [6.45, 7) is 2.69. The number of rotatable bonds is 7. The zero-order chi connectivity index (χ0) is 18.4. The molecule has 0 spiro atoms. The van der Waals surface area contributed by atoms with Gasteiger partial charge in [-0.1, -0.05) is 35.9 Å². The summed E-state index contributed by atoms with van der Waals surface area (Å²) in [4.78, 5) is 4.08. The summed E-state index contributed by atoms with van der Waals surface area (Å²) >= 11 is 0. The molecule has 1 N–H and O–H groups in total. The summed E-state index contributed by atoms with van der Waals surface area (Å²) < 4.78 is 28.4. The molecule has 0 amide bonds. The number of aryl methyl sites for hydroxylation is 1. The van der Waals surface area contributed by atoms with Gasteiger partial charge in [-0.3, -0.25) is 9.67 Å². The zero-order valence-electron chi connectivity index (χ0n) is 14.4. The zero-order valence-corrected chi connectivity index (χ0v) is 15.2. The minimum absolute atomic E-state index is 0.259. The lowest BCUT2D eigenvalue weighted by Gasteiger charge is -2.03. The fourth-order valence-electron chi connectivity index (χ4n) is 2.36. The second-order valence-corrected chi connectivity index (χ2v) is 7.54. The smallest absolute Gasteiger partial charge is 0.233 e. The molecule has 0 aliphatic heterocycles. The molecule has 0 saturated carbocycles. The number of nitrogens with one attached hydrogen (secondary N) is 1. The molecule has 7 heteroatoms. The van der Waals surface area contributed by atoms with Crippen molar-refractivity contribution in [2.75, 3.05) is 6.54 Å². The molecule has 0 atom stereocenters. The van der Waals surface area contributed by atoms with Crippen LogP contribution in [0.4, 0.5) is 0 Å². The van der Waals surface area contributed by atoms with E-state index in [2.05, 4.69) is 14.8 Å². The summed E-state index contributed by atoms with van der Waals surface area (Å²) in [5.74, 6) is 0. The molecular formula is C19H20N4O2S. The molecule has 0 unspecified atom stereocenters. The van der Waals surface area contributed by atoms with Gasteiger partial charge in [0.15, 0.2) is 0 Å². The Kier molecular flexibility index (Phi) is 5.60. The van der Waals surface area contributed by atoms with E-state index in [1.807, 2.05) is 49.5 Å². The predicted molar refractivity (Wildman–Crippen MR) is 103 cm³/mol. The topological polar surface area (TPSA) is 76.9 Å². The average Bonchev–Trinajstić information content (AvgIpc) is 3.11. The van der Waals surface area contributed by atoms with E-state index in [1.165, 1.54) is 5.41 Å². The van der Waals surface area contributed by atoms with Crippen LogP contribution in [-0.4, -0.2) is 29.7 Å². The molecule has 1 aromatic carbocycles. The van der Waals surface area contributed by atoms with Crippen molar-refractivity contribution in [3.8, 4) is 11.1 Å². The lowest BCUT2D eigenvalue weighted by molar-refractivity contribution is 0.568. The predicted octanol–water partition coefficient (Wildman–Crippen LogP) is 2.84. The van der Waals surface area contributed by atoms with Gasteiger partial charge in [0.05, 0.1) is 12.7 Å². The number of nitrogens with zero attached hydrogens (tertiary/aromatic N) is 3. The summed E-state index contributed by atoms with van der Waals surface area (Å²) in [6, 6.07) is 11.5. The minimum Gasteiger partial charge on any atom is -0.271 e. The van der Waals surface area contributed by atoms with Gasteiger partial charge in [-0.15, -0.1) is 0 Å². The van der Waals surface area contributed by atoms with Crippen LogP contribution in [0.25, 0.3) is 17.2 Å². The van der Waals surface area contributed by atoms with E-state index in [0.717, 1.165) is 22.3 Å². The molecule has 2 heterocycles. The number of pyridine rings is 1. The van der Waals surface area contributed by atoms with Crippen LogP contribution in [0, 0.1) is 6.92 Å². The summed E-state index contributed by atoms with van der Waals surface area (Å²) in [5.41, 5.74) is 3.89. The van der Waals surface area contributed by atoms with Crippen LogP contribution in [0.2, 0.25) is 0 Å². The maximum atomic E-state index is 12.1. The van der Waals surface area contributed by atoms with Crippen LogP contribution in [-0.2, 0) is 16.6 Å². The third kappa shape index (κ3) is 5.11. The summed E-state index contributed by atoms with van der Waals surface area (Å²) in [7, 11) is -3.49. The third-order valence-electron chi connectivity index (χ3n) is 3.79. The van der Waals surface area contributed by atoms with E-state index in [-0.39, 0.29) is 6.54 Å². The number of benzene rings is 1. The highest BCUT2D eigenvalue weighted by molar-refractivity contribution is 7.92. The lowest BCUT2D eigenvalue weighted by atomic mass is 10.2. The number of hydrogen-bond donors (Lipinski definition) is 1. The number of aromatic nitrogens is 3. The van der Waals surface area contributed by atoms with Crippen LogP contribution in [0.5, 0.6) is 0 Å².